The molecule has 1 aromatic rings. The molecule has 0 amide bonds. The topological polar surface area (TPSA) is 117 Å². The zero-order valence-electron chi connectivity index (χ0n) is 16.7. The molecule has 3 rings (SSSR count). The van der Waals surface area contributed by atoms with Crippen LogP contribution in [0.15, 0.2) is 12.1 Å². The number of aryl methyl sites for hydroxylation is 1. The molecule has 2 aliphatic rings. The van der Waals surface area contributed by atoms with Crippen LogP contribution >= 0.6 is 0 Å². The third-order valence-corrected chi connectivity index (χ3v) is 4.74. The smallest absolute Gasteiger partial charge is 0.475 e. The fourth-order valence-corrected chi connectivity index (χ4v) is 3.34. The molecular weight excluding hydrogens is 409 g/mol. The Labute approximate surface area is 172 Å². The average molecular weight is 436 g/mol. The number of carbonyl (C=O) groups is 1. The highest BCUT2D eigenvalue weighted by atomic mass is 19.4. The summed E-state index contributed by atoms with van der Waals surface area (Å²) in [6.45, 7) is 7.34. The maximum Gasteiger partial charge on any atom is 0.490 e. The predicted molar refractivity (Wildman–Crippen MR) is 100 cm³/mol. The van der Waals surface area contributed by atoms with Crippen molar-refractivity contribution in [2.24, 2.45) is 5.92 Å². The molecule has 3 heterocycles. The summed E-state index contributed by atoms with van der Waals surface area (Å²) in [5, 5.41) is 27.8. The summed E-state index contributed by atoms with van der Waals surface area (Å²) in [5.74, 6) is -1.53. The van der Waals surface area contributed by atoms with Crippen LogP contribution < -0.4 is 5.32 Å². The molecule has 2 aliphatic heterocycles. The number of aromatic nitrogens is 2. The van der Waals surface area contributed by atoms with Gasteiger partial charge in [-0.25, -0.2) is 4.79 Å². The first kappa shape index (κ1) is 24.3. The van der Waals surface area contributed by atoms with Crippen LogP contribution in [0.5, 0.6) is 0 Å². The predicted octanol–water partition coefficient (Wildman–Crippen LogP) is 0.930. The molecule has 2 saturated heterocycles. The van der Waals surface area contributed by atoms with Gasteiger partial charge in [0.15, 0.2) is 0 Å². The van der Waals surface area contributed by atoms with Crippen molar-refractivity contribution in [1.82, 2.24) is 15.1 Å². The molecule has 0 aliphatic carbocycles. The van der Waals surface area contributed by atoms with Crippen LogP contribution in [0.25, 0.3) is 0 Å². The highest BCUT2D eigenvalue weighted by Gasteiger charge is 2.43. The van der Waals surface area contributed by atoms with E-state index in [-0.39, 0.29) is 12.2 Å². The Hall–Kier alpha value is -2.02. The molecular formula is C18H27F3N4O5. The van der Waals surface area contributed by atoms with Crippen LogP contribution in [-0.4, -0.2) is 95.7 Å². The number of carboxylic acids is 1. The van der Waals surface area contributed by atoms with Crippen molar-refractivity contribution < 1.29 is 37.7 Å². The van der Waals surface area contributed by atoms with E-state index >= 15 is 0 Å². The van der Waals surface area contributed by atoms with Crippen molar-refractivity contribution in [1.29, 1.82) is 0 Å². The summed E-state index contributed by atoms with van der Waals surface area (Å²) in [5.41, 5.74) is 0.676. The second kappa shape index (κ2) is 10.8. The van der Waals surface area contributed by atoms with E-state index in [9.17, 15) is 18.3 Å². The lowest BCUT2D eigenvalue weighted by atomic mass is 9.94. The van der Waals surface area contributed by atoms with Gasteiger partial charge in [-0.05, 0) is 25.5 Å². The van der Waals surface area contributed by atoms with E-state index in [0.717, 1.165) is 44.2 Å². The Bertz CT molecular complexity index is 677. The van der Waals surface area contributed by atoms with Crippen molar-refractivity contribution in [3.05, 3.63) is 17.8 Å². The van der Waals surface area contributed by atoms with Crippen molar-refractivity contribution in [3.8, 4) is 0 Å². The molecule has 0 radical (unpaired) electrons. The molecule has 1 spiro atoms. The summed E-state index contributed by atoms with van der Waals surface area (Å²) < 4.78 is 43.6. The summed E-state index contributed by atoms with van der Waals surface area (Å²) >= 11 is 0. The summed E-state index contributed by atoms with van der Waals surface area (Å²) in [7, 11) is 0. The lowest BCUT2D eigenvalue weighted by Crippen LogP contribution is -2.45. The third kappa shape index (κ3) is 7.67. The zero-order chi connectivity index (χ0) is 22.2. The minimum atomic E-state index is -5.08. The number of β-amino-alcohol motifs (C(OH)–C–C–N with tert-alkyl or cyclic N) is 1. The van der Waals surface area contributed by atoms with Gasteiger partial charge in [-0.2, -0.15) is 18.3 Å². The molecule has 0 aromatic carbocycles. The van der Waals surface area contributed by atoms with Gasteiger partial charge in [0.25, 0.3) is 0 Å². The van der Waals surface area contributed by atoms with E-state index in [1.807, 2.05) is 19.1 Å². The lowest BCUT2D eigenvalue weighted by molar-refractivity contribution is -0.192. The number of halogens is 3. The van der Waals surface area contributed by atoms with Crippen molar-refractivity contribution in [2.75, 3.05) is 57.9 Å². The number of anilines is 1. The number of carboxylic acid groups (broad SMARTS) is 1. The van der Waals surface area contributed by atoms with E-state index in [2.05, 4.69) is 20.4 Å². The standard InChI is InChI=1S/C16H26N4O3.C2HF3O2/c1-13-2-3-15(19-18-13)17-9-14-8-16(23-10-14)11-20(4-6-21)5-7-22-12-16;3-2(4,5)1(6)7/h2-3,14,21H,4-12H2,1H3,(H,17,19);(H,6,7). The number of ether oxygens (including phenoxy) is 2. The number of aliphatic carboxylic acids is 1. The molecule has 1 aromatic heterocycles. The molecule has 3 N–H and O–H groups in total. The van der Waals surface area contributed by atoms with Gasteiger partial charge in [0.1, 0.15) is 11.4 Å². The molecule has 0 bridgehead atoms. The summed E-state index contributed by atoms with van der Waals surface area (Å²) in [6, 6.07) is 3.90. The molecule has 0 saturated carbocycles. The van der Waals surface area contributed by atoms with Crippen molar-refractivity contribution in [3.63, 3.8) is 0 Å². The molecule has 2 unspecified atom stereocenters. The number of nitrogens with one attached hydrogen (secondary N) is 1. The van der Waals surface area contributed by atoms with E-state index in [1.54, 1.807) is 0 Å². The van der Waals surface area contributed by atoms with Crippen LogP contribution in [0.2, 0.25) is 0 Å². The van der Waals surface area contributed by atoms with Gasteiger partial charge in [-0.1, -0.05) is 0 Å². The maximum atomic E-state index is 10.6. The normalized spacial score (nSPS) is 24.8. The molecule has 30 heavy (non-hydrogen) atoms. The maximum absolute atomic E-state index is 10.6. The fraction of sp³-hybridized carbons (Fsp3) is 0.722. The minimum absolute atomic E-state index is 0.174. The summed E-state index contributed by atoms with van der Waals surface area (Å²) in [6.07, 6.45) is -4.12. The Morgan fingerprint density at radius 2 is 2.13 bits per heavy atom. The minimum Gasteiger partial charge on any atom is -0.475 e. The van der Waals surface area contributed by atoms with Crippen LogP contribution in [0.4, 0.5) is 19.0 Å². The van der Waals surface area contributed by atoms with Gasteiger partial charge in [-0.3, -0.25) is 4.90 Å². The van der Waals surface area contributed by atoms with E-state index in [0.29, 0.717) is 25.7 Å². The van der Waals surface area contributed by atoms with Gasteiger partial charge < -0.3 is 25.0 Å². The molecule has 170 valence electrons. The van der Waals surface area contributed by atoms with E-state index in [4.69, 9.17) is 19.4 Å². The Balaban J connectivity index is 0.000000396. The Morgan fingerprint density at radius 1 is 1.40 bits per heavy atom. The second-order valence-corrected chi connectivity index (χ2v) is 7.36. The van der Waals surface area contributed by atoms with Gasteiger partial charge >= 0.3 is 12.1 Å². The highest BCUT2D eigenvalue weighted by Crippen LogP contribution is 2.32. The van der Waals surface area contributed by atoms with Gasteiger partial charge in [-0.15, -0.1) is 5.10 Å². The largest absolute Gasteiger partial charge is 0.490 e. The van der Waals surface area contributed by atoms with E-state index < -0.39 is 12.1 Å². The fourth-order valence-electron chi connectivity index (χ4n) is 3.34. The first-order chi connectivity index (χ1) is 14.1. The number of nitrogens with zero attached hydrogens (tertiary/aromatic N) is 3. The number of aliphatic hydroxyl groups excluding tert-OH is 1. The number of aliphatic hydroxyl groups is 1. The first-order valence-corrected chi connectivity index (χ1v) is 9.53. The molecule has 9 nitrogen and oxygen atoms in total. The van der Waals surface area contributed by atoms with Crippen LogP contribution in [0, 0.1) is 12.8 Å². The van der Waals surface area contributed by atoms with Gasteiger partial charge in [0.2, 0.25) is 0 Å². The molecule has 2 atom stereocenters. The monoisotopic (exact) mass is 436 g/mol. The van der Waals surface area contributed by atoms with Gasteiger partial charge in [0, 0.05) is 32.1 Å². The molecule has 12 heteroatoms. The average Bonchev–Trinajstić information content (AvgIpc) is 2.96. The van der Waals surface area contributed by atoms with Gasteiger partial charge in [0.05, 0.1) is 32.1 Å². The summed E-state index contributed by atoms with van der Waals surface area (Å²) in [4.78, 5) is 11.1. The number of hydrogen-bond donors (Lipinski definition) is 3. The van der Waals surface area contributed by atoms with Crippen molar-refractivity contribution in [2.45, 2.75) is 25.1 Å². The number of rotatable bonds is 5. The van der Waals surface area contributed by atoms with Crippen LogP contribution in [-0.2, 0) is 14.3 Å². The Kier molecular flexibility index (Phi) is 8.77. The van der Waals surface area contributed by atoms with Crippen LogP contribution in [0.1, 0.15) is 12.1 Å². The lowest BCUT2D eigenvalue weighted by Gasteiger charge is -2.30. The molecule has 2 fully saturated rings. The quantitative estimate of drug-likeness (QED) is 0.620. The van der Waals surface area contributed by atoms with E-state index in [1.165, 1.54) is 0 Å². The number of alkyl halides is 3. The number of hydrogen-bond acceptors (Lipinski definition) is 8. The second-order valence-electron chi connectivity index (χ2n) is 7.36. The first-order valence-electron chi connectivity index (χ1n) is 9.53. The Morgan fingerprint density at radius 3 is 2.73 bits per heavy atom. The third-order valence-electron chi connectivity index (χ3n) is 4.74. The zero-order valence-corrected chi connectivity index (χ0v) is 16.7. The van der Waals surface area contributed by atoms with Crippen molar-refractivity contribution >= 4 is 11.8 Å². The SMILES string of the molecule is Cc1ccc(NCC2COC3(COCCN(CCO)C3)C2)nn1.O=C(O)C(F)(F)F. The van der Waals surface area contributed by atoms with Crippen LogP contribution in [0.3, 0.4) is 0 Å². The highest BCUT2D eigenvalue weighted by molar-refractivity contribution is 5.73.